The van der Waals surface area contributed by atoms with E-state index in [1.807, 2.05) is 49.6 Å². The number of rotatable bonds is 13. The maximum atomic E-state index is 13.8. The molecule has 1 aliphatic rings. The van der Waals surface area contributed by atoms with Crippen molar-refractivity contribution in [2.45, 2.75) is 25.3 Å². The SMILES string of the molecule is COc1cc(C(=O)N(C)CC(CCN2CCCN(c3nc4ccccc4n3Cc3ccccn3)CC2)c2ccc(Cl)c(Cl)c2)cc(OC)c1OC. The summed E-state index contributed by atoms with van der Waals surface area (Å²) >= 11 is 12.8. The number of carbonyl (C=O) groups is 1. The maximum Gasteiger partial charge on any atom is 0.253 e. The number of aromatic nitrogens is 3. The van der Waals surface area contributed by atoms with Gasteiger partial charge in [-0.2, -0.15) is 0 Å². The Balaban J connectivity index is 1.17. The molecular weight excluding hydrogens is 687 g/mol. The van der Waals surface area contributed by atoms with Gasteiger partial charge in [0.25, 0.3) is 5.91 Å². The van der Waals surface area contributed by atoms with E-state index in [0.29, 0.717) is 45.9 Å². The quantitative estimate of drug-likeness (QED) is 0.125. The smallest absolute Gasteiger partial charge is 0.253 e. The number of imidazole rings is 1. The molecule has 10 nitrogen and oxygen atoms in total. The Morgan fingerprint density at radius 1 is 0.882 bits per heavy atom. The van der Waals surface area contributed by atoms with Gasteiger partial charge in [0.15, 0.2) is 11.5 Å². The van der Waals surface area contributed by atoms with Crippen LogP contribution in [0.25, 0.3) is 11.0 Å². The molecule has 12 heteroatoms. The lowest BCUT2D eigenvalue weighted by Gasteiger charge is -2.28. The highest BCUT2D eigenvalue weighted by Gasteiger charge is 2.25. The van der Waals surface area contributed by atoms with E-state index < -0.39 is 0 Å². The van der Waals surface area contributed by atoms with Crippen molar-refractivity contribution in [2.75, 3.05) is 72.5 Å². The Labute approximate surface area is 309 Å². The number of methoxy groups -OCH3 is 3. The molecule has 0 aliphatic carbocycles. The molecule has 6 rings (SSSR count). The largest absolute Gasteiger partial charge is 0.493 e. The molecule has 1 unspecified atom stereocenters. The Kier molecular flexibility index (Phi) is 11.9. The van der Waals surface area contributed by atoms with Crippen LogP contribution in [0.3, 0.4) is 0 Å². The van der Waals surface area contributed by atoms with E-state index in [1.165, 1.54) is 21.3 Å². The number of halogens is 2. The van der Waals surface area contributed by atoms with Gasteiger partial charge in [0.05, 0.1) is 54.6 Å². The molecule has 1 saturated heterocycles. The monoisotopic (exact) mass is 730 g/mol. The molecule has 1 amide bonds. The second-order valence-corrected chi connectivity index (χ2v) is 13.6. The highest BCUT2D eigenvalue weighted by molar-refractivity contribution is 6.42. The topological polar surface area (TPSA) is 85.2 Å². The summed E-state index contributed by atoms with van der Waals surface area (Å²) in [4.78, 5) is 30.1. The number of para-hydroxylation sites is 2. The lowest BCUT2D eigenvalue weighted by Crippen LogP contribution is -2.35. The number of anilines is 1. The number of amides is 1. The Bertz CT molecular complexity index is 1930. The average molecular weight is 732 g/mol. The zero-order valence-corrected chi connectivity index (χ0v) is 31.0. The second kappa shape index (κ2) is 16.7. The first-order valence-corrected chi connectivity index (χ1v) is 17.9. The molecule has 0 radical (unpaired) electrons. The Morgan fingerprint density at radius 2 is 1.65 bits per heavy atom. The van der Waals surface area contributed by atoms with Gasteiger partial charge < -0.3 is 33.5 Å². The molecule has 0 spiro atoms. The molecule has 1 aliphatic heterocycles. The predicted molar refractivity (Wildman–Crippen MR) is 203 cm³/mol. The minimum Gasteiger partial charge on any atom is -0.493 e. The van der Waals surface area contributed by atoms with Gasteiger partial charge in [-0.3, -0.25) is 9.78 Å². The second-order valence-electron chi connectivity index (χ2n) is 12.7. The van der Waals surface area contributed by atoms with Crippen LogP contribution in [0.2, 0.25) is 10.0 Å². The standard InChI is InChI=1S/C39H44Cl2N6O4/c1-44(38(48)29-23-35(49-2)37(51-4)36(24-29)50-3)25-28(27-13-14-31(40)32(41)22-27)15-19-45-17-9-18-46(21-20-45)39-43-33-11-5-6-12-34(33)47(39)26-30-10-7-8-16-42-30/h5-8,10-14,16,22-24,28H,9,15,17-21,25-26H2,1-4H3. The van der Waals surface area contributed by atoms with Crippen LogP contribution in [0, 0.1) is 0 Å². The van der Waals surface area contributed by atoms with Gasteiger partial charge in [-0.25, -0.2) is 4.98 Å². The zero-order valence-electron chi connectivity index (χ0n) is 29.5. The molecule has 0 N–H and O–H groups in total. The highest BCUT2D eigenvalue weighted by atomic mass is 35.5. The number of likely N-dealkylation sites (N-methyl/N-ethyl adjacent to an activating group) is 1. The van der Waals surface area contributed by atoms with Gasteiger partial charge >= 0.3 is 0 Å². The summed E-state index contributed by atoms with van der Waals surface area (Å²) in [7, 11) is 6.43. The van der Waals surface area contributed by atoms with Crippen molar-refractivity contribution >= 4 is 46.1 Å². The fourth-order valence-electron chi connectivity index (χ4n) is 6.81. The fraction of sp³-hybridized carbons (Fsp3) is 0.359. The van der Waals surface area contributed by atoms with Crippen LogP contribution in [0.5, 0.6) is 17.2 Å². The predicted octanol–water partition coefficient (Wildman–Crippen LogP) is 7.27. The van der Waals surface area contributed by atoms with Gasteiger partial charge in [0, 0.05) is 50.9 Å². The summed E-state index contributed by atoms with van der Waals surface area (Å²) in [6.07, 6.45) is 3.66. The van der Waals surface area contributed by atoms with Crippen molar-refractivity contribution in [3.05, 3.63) is 106 Å². The van der Waals surface area contributed by atoms with Gasteiger partial charge in [-0.05, 0) is 80.0 Å². The van der Waals surface area contributed by atoms with Crippen molar-refractivity contribution in [1.29, 1.82) is 0 Å². The molecule has 51 heavy (non-hydrogen) atoms. The van der Waals surface area contributed by atoms with E-state index in [0.717, 1.165) is 73.8 Å². The highest BCUT2D eigenvalue weighted by Crippen LogP contribution is 2.39. The molecule has 3 aromatic carbocycles. The number of carbonyl (C=O) groups excluding carboxylic acids is 1. The third-order valence-corrected chi connectivity index (χ3v) is 10.3. The number of hydrogen-bond donors (Lipinski definition) is 0. The van der Waals surface area contributed by atoms with Crippen LogP contribution in [0.1, 0.15) is 40.4 Å². The van der Waals surface area contributed by atoms with Crippen LogP contribution in [0.4, 0.5) is 5.95 Å². The number of nitrogens with zero attached hydrogens (tertiary/aromatic N) is 6. The van der Waals surface area contributed by atoms with Crippen molar-refractivity contribution in [1.82, 2.24) is 24.3 Å². The third-order valence-electron chi connectivity index (χ3n) is 9.51. The number of pyridine rings is 1. The van der Waals surface area contributed by atoms with Crippen molar-refractivity contribution in [3.63, 3.8) is 0 Å². The molecule has 0 bridgehead atoms. The van der Waals surface area contributed by atoms with Crippen molar-refractivity contribution in [2.24, 2.45) is 0 Å². The Hall–Kier alpha value is -4.51. The van der Waals surface area contributed by atoms with E-state index in [-0.39, 0.29) is 11.8 Å². The summed E-state index contributed by atoms with van der Waals surface area (Å²) in [5, 5.41) is 1.000. The Morgan fingerprint density at radius 3 is 2.35 bits per heavy atom. The summed E-state index contributed by atoms with van der Waals surface area (Å²) < 4.78 is 18.8. The minimum atomic E-state index is -0.154. The van der Waals surface area contributed by atoms with E-state index in [1.54, 1.807) is 17.0 Å². The third kappa shape index (κ3) is 8.35. The molecule has 268 valence electrons. The lowest BCUT2D eigenvalue weighted by molar-refractivity contribution is 0.0782. The first-order chi connectivity index (χ1) is 24.8. The van der Waals surface area contributed by atoms with Crippen LogP contribution < -0.4 is 19.1 Å². The van der Waals surface area contributed by atoms with E-state index >= 15 is 0 Å². The summed E-state index contributed by atoms with van der Waals surface area (Å²) in [5.41, 5.74) is 4.57. The van der Waals surface area contributed by atoms with Crippen LogP contribution in [-0.2, 0) is 6.54 Å². The molecular formula is C39H44Cl2N6O4. The summed E-state index contributed by atoms with van der Waals surface area (Å²) in [6.45, 7) is 5.60. The van der Waals surface area contributed by atoms with Crippen molar-refractivity contribution < 1.29 is 19.0 Å². The fourth-order valence-corrected chi connectivity index (χ4v) is 7.12. The van der Waals surface area contributed by atoms with Gasteiger partial charge in [0.1, 0.15) is 0 Å². The van der Waals surface area contributed by atoms with Crippen LogP contribution in [-0.4, -0.2) is 97.9 Å². The lowest BCUT2D eigenvalue weighted by atomic mass is 9.94. The minimum absolute atomic E-state index is 0.0117. The number of hydrogen-bond acceptors (Lipinski definition) is 8. The molecule has 1 atom stereocenters. The number of fused-ring (bicyclic) bond motifs is 1. The molecule has 2 aromatic heterocycles. The van der Waals surface area contributed by atoms with Crippen LogP contribution >= 0.6 is 23.2 Å². The van der Waals surface area contributed by atoms with E-state index in [4.69, 9.17) is 42.4 Å². The zero-order chi connectivity index (χ0) is 35.9. The maximum absolute atomic E-state index is 13.8. The summed E-state index contributed by atoms with van der Waals surface area (Å²) in [5.74, 6) is 2.13. The number of benzene rings is 3. The normalized spacial score (nSPS) is 14.3. The average Bonchev–Trinajstić information content (AvgIpc) is 3.34. The first-order valence-electron chi connectivity index (χ1n) is 17.1. The molecule has 1 fully saturated rings. The van der Waals surface area contributed by atoms with Gasteiger partial charge in [0.2, 0.25) is 11.7 Å². The number of ether oxygens (including phenoxy) is 3. The van der Waals surface area contributed by atoms with Crippen molar-refractivity contribution in [3.8, 4) is 17.2 Å². The summed E-state index contributed by atoms with van der Waals surface area (Å²) in [6, 6.07) is 23.4. The van der Waals surface area contributed by atoms with E-state index in [9.17, 15) is 4.79 Å². The van der Waals surface area contributed by atoms with Gasteiger partial charge in [-0.1, -0.05) is 47.5 Å². The first kappa shape index (κ1) is 36.3. The van der Waals surface area contributed by atoms with Gasteiger partial charge in [-0.15, -0.1) is 0 Å². The molecule has 0 saturated carbocycles. The molecule has 3 heterocycles. The molecule has 5 aromatic rings. The van der Waals surface area contributed by atoms with Crippen LogP contribution in [0.15, 0.2) is 79.0 Å². The van der Waals surface area contributed by atoms with E-state index in [2.05, 4.69) is 43.6 Å².